The number of rotatable bonds is 4. The molecule has 0 saturated carbocycles. The largest absolute Gasteiger partial charge is 0.478 e. The number of hydrogen-bond donors (Lipinski definition) is 3. The molecular formula is C14H12N4O2S. The summed E-state index contributed by atoms with van der Waals surface area (Å²) in [6.45, 7) is 0. The third kappa shape index (κ3) is 4.66. The molecular weight excluding hydrogens is 288 g/mol. The van der Waals surface area contributed by atoms with Gasteiger partial charge in [-0.3, -0.25) is 10.9 Å². The number of carboxylic acids is 1. The third-order valence-corrected chi connectivity index (χ3v) is 2.64. The summed E-state index contributed by atoms with van der Waals surface area (Å²) in [7, 11) is 0. The molecule has 21 heavy (non-hydrogen) atoms. The number of carboxylic acid groups (broad SMARTS) is 1. The van der Waals surface area contributed by atoms with Crippen LogP contribution >= 0.6 is 12.2 Å². The maximum absolute atomic E-state index is 10.7. The molecule has 0 radical (unpaired) electrons. The molecule has 106 valence electrons. The van der Waals surface area contributed by atoms with Gasteiger partial charge in [0.05, 0.1) is 16.9 Å². The Labute approximate surface area is 126 Å². The molecule has 3 N–H and O–H groups in total. The molecule has 0 unspecified atom stereocenters. The summed E-state index contributed by atoms with van der Waals surface area (Å²) in [5, 5.41) is 16.7. The fraction of sp³-hybridized carbons (Fsp3) is 0. The quantitative estimate of drug-likeness (QED) is 0.458. The van der Waals surface area contributed by atoms with Gasteiger partial charge >= 0.3 is 5.97 Å². The van der Waals surface area contributed by atoms with Crippen molar-refractivity contribution in [3.05, 3.63) is 60.2 Å². The molecule has 0 aliphatic heterocycles. The lowest BCUT2D eigenvalue weighted by atomic mass is 10.2. The predicted octanol–water partition coefficient (Wildman–Crippen LogP) is 3.37. The molecule has 0 atom stereocenters. The summed E-state index contributed by atoms with van der Waals surface area (Å²) in [6.07, 6.45) is 0. The van der Waals surface area contributed by atoms with E-state index in [1.54, 1.807) is 12.1 Å². The summed E-state index contributed by atoms with van der Waals surface area (Å²) in [5.41, 5.74) is 7.17. The first-order valence-electron chi connectivity index (χ1n) is 6.01. The van der Waals surface area contributed by atoms with Crippen LogP contribution in [-0.2, 0) is 0 Å². The SMILES string of the molecule is O=C(O)c1ccc(N=NC(=S)NNc2ccccc2)cc1. The van der Waals surface area contributed by atoms with Crippen molar-refractivity contribution in [2.45, 2.75) is 0 Å². The van der Waals surface area contributed by atoms with Crippen molar-refractivity contribution in [2.24, 2.45) is 10.2 Å². The lowest BCUT2D eigenvalue weighted by Crippen LogP contribution is -2.25. The van der Waals surface area contributed by atoms with Gasteiger partial charge in [0.25, 0.3) is 0 Å². The third-order valence-electron chi connectivity index (χ3n) is 2.46. The van der Waals surface area contributed by atoms with Gasteiger partial charge in [-0.1, -0.05) is 18.2 Å². The van der Waals surface area contributed by atoms with Crippen LogP contribution in [0.3, 0.4) is 0 Å². The Morgan fingerprint density at radius 1 is 1.05 bits per heavy atom. The predicted molar refractivity (Wildman–Crippen MR) is 83.7 cm³/mol. The molecule has 6 nitrogen and oxygen atoms in total. The Hall–Kier alpha value is -2.80. The summed E-state index contributed by atoms with van der Waals surface area (Å²) in [5.74, 6) is -0.984. The minimum Gasteiger partial charge on any atom is -0.478 e. The summed E-state index contributed by atoms with van der Waals surface area (Å²) in [6, 6.07) is 15.4. The van der Waals surface area contributed by atoms with Gasteiger partial charge in [-0.25, -0.2) is 4.79 Å². The van der Waals surface area contributed by atoms with Crippen molar-refractivity contribution in [1.29, 1.82) is 0 Å². The van der Waals surface area contributed by atoms with E-state index >= 15 is 0 Å². The molecule has 2 rings (SSSR count). The highest BCUT2D eigenvalue weighted by Gasteiger charge is 2.01. The average molecular weight is 300 g/mol. The molecule has 0 fully saturated rings. The van der Waals surface area contributed by atoms with E-state index in [1.165, 1.54) is 12.1 Å². The standard InChI is InChI=1S/C14H12N4O2S/c19-13(20)10-6-8-12(9-7-10)16-18-14(21)17-15-11-4-2-1-3-5-11/h1-9,15H,(H,17,21)(H,19,20). The monoisotopic (exact) mass is 300 g/mol. The number of anilines is 1. The van der Waals surface area contributed by atoms with Crippen LogP contribution in [0.2, 0.25) is 0 Å². The molecule has 0 aromatic heterocycles. The number of aromatic carboxylic acids is 1. The second-order valence-electron chi connectivity index (χ2n) is 3.97. The van der Waals surface area contributed by atoms with E-state index in [9.17, 15) is 4.79 Å². The molecule has 7 heteroatoms. The number of thiocarbonyl (C=S) groups is 1. The van der Waals surface area contributed by atoms with Crippen molar-refractivity contribution >= 4 is 34.7 Å². The van der Waals surface area contributed by atoms with Crippen LogP contribution in [0.25, 0.3) is 0 Å². The highest BCUT2D eigenvalue weighted by atomic mass is 32.1. The normalized spacial score (nSPS) is 10.3. The van der Waals surface area contributed by atoms with Gasteiger partial charge in [0.2, 0.25) is 5.11 Å². The van der Waals surface area contributed by atoms with Gasteiger partial charge in [-0.15, -0.1) is 10.2 Å². The van der Waals surface area contributed by atoms with Gasteiger partial charge in [0, 0.05) is 0 Å². The number of para-hydroxylation sites is 1. The minimum absolute atomic E-state index is 0.168. The van der Waals surface area contributed by atoms with Crippen molar-refractivity contribution in [3.8, 4) is 0 Å². The molecule has 0 aliphatic carbocycles. The molecule has 0 saturated heterocycles. The number of azo groups is 1. The van der Waals surface area contributed by atoms with Gasteiger partial charge in [-0.05, 0) is 48.6 Å². The van der Waals surface area contributed by atoms with E-state index < -0.39 is 5.97 Å². The van der Waals surface area contributed by atoms with Crippen LogP contribution in [-0.4, -0.2) is 16.2 Å². The van der Waals surface area contributed by atoms with Crippen LogP contribution in [0.5, 0.6) is 0 Å². The number of nitrogens with one attached hydrogen (secondary N) is 2. The summed E-state index contributed by atoms with van der Waals surface area (Å²) >= 11 is 4.99. The Morgan fingerprint density at radius 3 is 2.33 bits per heavy atom. The Bertz CT molecular complexity index is 656. The van der Waals surface area contributed by atoms with Crippen LogP contribution in [0.15, 0.2) is 64.8 Å². The van der Waals surface area contributed by atoms with Gasteiger partial charge in [-0.2, -0.15) is 0 Å². The highest BCUT2D eigenvalue weighted by molar-refractivity contribution is 7.80. The molecule has 0 heterocycles. The Kier molecular flexibility index (Phi) is 4.94. The summed E-state index contributed by atoms with van der Waals surface area (Å²) in [4.78, 5) is 10.7. The molecule has 0 bridgehead atoms. The zero-order chi connectivity index (χ0) is 15.1. The van der Waals surface area contributed by atoms with Gasteiger partial charge in [0.15, 0.2) is 0 Å². The molecule has 0 spiro atoms. The Balaban J connectivity index is 1.88. The summed E-state index contributed by atoms with van der Waals surface area (Å²) < 4.78 is 0. The van der Waals surface area contributed by atoms with Crippen molar-refractivity contribution in [2.75, 3.05) is 5.43 Å². The van der Waals surface area contributed by atoms with E-state index in [4.69, 9.17) is 17.3 Å². The van der Waals surface area contributed by atoms with Gasteiger partial charge < -0.3 is 5.11 Å². The minimum atomic E-state index is -0.984. The second kappa shape index (κ2) is 7.11. The van der Waals surface area contributed by atoms with E-state index in [2.05, 4.69) is 21.1 Å². The number of hydrazine groups is 1. The van der Waals surface area contributed by atoms with Crippen LogP contribution in [0, 0.1) is 0 Å². The number of benzene rings is 2. The first-order valence-corrected chi connectivity index (χ1v) is 6.42. The molecule has 0 aliphatic rings. The van der Waals surface area contributed by atoms with Crippen LogP contribution < -0.4 is 10.9 Å². The zero-order valence-corrected chi connectivity index (χ0v) is 11.7. The Morgan fingerprint density at radius 2 is 1.71 bits per heavy atom. The number of carbonyl (C=O) groups is 1. The van der Waals surface area contributed by atoms with Crippen molar-refractivity contribution < 1.29 is 9.90 Å². The maximum atomic E-state index is 10.7. The fourth-order valence-electron chi connectivity index (χ4n) is 1.45. The van der Waals surface area contributed by atoms with E-state index in [0.29, 0.717) is 5.69 Å². The lowest BCUT2D eigenvalue weighted by molar-refractivity contribution is 0.0697. The number of nitrogens with zero attached hydrogens (tertiary/aromatic N) is 2. The fourth-order valence-corrected chi connectivity index (χ4v) is 1.54. The first kappa shape index (κ1) is 14.6. The second-order valence-corrected chi connectivity index (χ2v) is 4.36. The average Bonchev–Trinajstić information content (AvgIpc) is 2.52. The van der Waals surface area contributed by atoms with Crippen LogP contribution in [0.4, 0.5) is 11.4 Å². The van der Waals surface area contributed by atoms with E-state index in [0.717, 1.165) is 5.69 Å². The maximum Gasteiger partial charge on any atom is 0.335 e. The topological polar surface area (TPSA) is 86.1 Å². The molecule has 2 aromatic rings. The number of hydrogen-bond acceptors (Lipinski definition) is 4. The first-order chi connectivity index (χ1) is 10.1. The van der Waals surface area contributed by atoms with Crippen LogP contribution in [0.1, 0.15) is 10.4 Å². The molecule has 2 aromatic carbocycles. The highest BCUT2D eigenvalue weighted by Crippen LogP contribution is 2.13. The van der Waals surface area contributed by atoms with E-state index in [1.807, 2.05) is 30.3 Å². The van der Waals surface area contributed by atoms with Crippen molar-refractivity contribution in [1.82, 2.24) is 5.43 Å². The molecule has 0 amide bonds. The lowest BCUT2D eigenvalue weighted by Gasteiger charge is -2.06. The van der Waals surface area contributed by atoms with Gasteiger partial charge in [0.1, 0.15) is 0 Å². The zero-order valence-electron chi connectivity index (χ0n) is 10.9. The smallest absolute Gasteiger partial charge is 0.335 e. The van der Waals surface area contributed by atoms with Crippen molar-refractivity contribution in [3.63, 3.8) is 0 Å². The van der Waals surface area contributed by atoms with E-state index in [-0.39, 0.29) is 10.7 Å².